The van der Waals surface area contributed by atoms with E-state index in [0.717, 1.165) is 38.5 Å². The highest BCUT2D eigenvalue weighted by Crippen LogP contribution is 2.43. The molecule has 0 aromatic rings. The van der Waals surface area contributed by atoms with Crippen molar-refractivity contribution in [3.05, 3.63) is 0 Å². The lowest BCUT2D eigenvalue weighted by Crippen LogP contribution is -2.31. The van der Waals surface area contributed by atoms with E-state index in [1.807, 2.05) is 0 Å². The van der Waals surface area contributed by atoms with Crippen LogP contribution in [0.15, 0.2) is 0 Å². The van der Waals surface area contributed by atoms with Gasteiger partial charge in [-0.05, 0) is 24.7 Å². The summed E-state index contributed by atoms with van der Waals surface area (Å²) >= 11 is 0. The minimum atomic E-state index is -4.41. The van der Waals surface area contributed by atoms with Crippen LogP contribution in [-0.4, -0.2) is 15.9 Å². The minimum Gasteiger partial charge on any atom is -0.303 e. The zero-order valence-corrected chi connectivity index (χ0v) is 14.6. The number of unbranched alkanes of at least 4 members (excludes halogenated alkanes) is 2. The summed E-state index contributed by atoms with van der Waals surface area (Å²) in [4.78, 5) is 18.1. The lowest BCUT2D eigenvalue weighted by atomic mass is 9.76. The third-order valence-corrected chi connectivity index (χ3v) is 4.79. The molecular formula is C15H33O4P. The monoisotopic (exact) mass is 308 g/mol. The summed E-state index contributed by atoms with van der Waals surface area (Å²) in [5, 5.41) is 0. The fourth-order valence-electron chi connectivity index (χ4n) is 3.21. The van der Waals surface area contributed by atoms with Gasteiger partial charge in [-0.2, -0.15) is 0 Å². The lowest BCUT2D eigenvalue weighted by molar-refractivity contribution is 0.0440. The topological polar surface area (TPSA) is 66.8 Å². The van der Waals surface area contributed by atoms with Crippen LogP contribution in [0, 0.1) is 17.8 Å². The van der Waals surface area contributed by atoms with Crippen LogP contribution in [-0.2, 0) is 9.09 Å². The van der Waals surface area contributed by atoms with Gasteiger partial charge in [-0.25, -0.2) is 4.57 Å². The standard InChI is InChI=1S/C15H33O4P/c1-6-8-10-12(3)15(13(4)11-9-7-2)14(5)19-20(16,17)18/h12-15H,6-11H2,1-5H3,(H2,16,17,18). The first-order valence-electron chi connectivity index (χ1n) is 7.96. The molecule has 0 aliphatic carbocycles. The van der Waals surface area contributed by atoms with Crippen LogP contribution < -0.4 is 0 Å². The maximum atomic E-state index is 11.1. The molecule has 0 saturated heterocycles. The van der Waals surface area contributed by atoms with E-state index in [1.54, 1.807) is 6.92 Å². The second kappa shape index (κ2) is 9.94. The van der Waals surface area contributed by atoms with Crippen LogP contribution >= 0.6 is 7.82 Å². The van der Waals surface area contributed by atoms with E-state index in [-0.39, 0.29) is 5.92 Å². The summed E-state index contributed by atoms with van der Waals surface area (Å²) in [6.45, 7) is 10.5. The molecule has 0 aromatic carbocycles. The second-order valence-electron chi connectivity index (χ2n) is 6.12. The Morgan fingerprint density at radius 2 is 1.35 bits per heavy atom. The highest BCUT2D eigenvalue weighted by atomic mass is 31.2. The van der Waals surface area contributed by atoms with Gasteiger partial charge >= 0.3 is 7.82 Å². The second-order valence-corrected chi connectivity index (χ2v) is 7.31. The van der Waals surface area contributed by atoms with Gasteiger partial charge in [0.1, 0.15) is 0 Å². The molecule has 0 rings (SSSR count). The fourth-order valence-corrected chi connectivity index (χ4v) is 3.78. The molecule has 0 aliphatic rings. The first-order valence-corrected chi connectivity index (χ1v) is 9.49. The molecule has 0 fully saturated rings. The van der Waals surface area contributed by atoms with Gasteiger partial charge in [-0.1, -0.05) is 66.2 Å². The first-order chi connectivity index (χ1) is 9.22. The highest BCUT2D eigenvalue weighted by molar-refractivity contribution is 7.46. The molecule has 0 radical (unpaired) electrons. The zero-order chi connectivity index (χ0) is 15.8. The normalized spacial score (nSPS) is 18.6. The van der Waals surface area contributed by atoms with Gasteiger partial charge in [0.25, 0.3) is 0 Å². The Morgan fingerprint density at radius 3 is 1.65 bits per heavy atom. The summed E-state index contributed by atoms with van der Waals surface area (Å²) in [6, 6.07) is 0. The average Bonchev–Trinajstić information content (AvgIpc) is 2.31. The Bertz CT molecular complexity index is 276. The molecule has 0 spiro atoms. The van der Waals surface area contributed by atoms with Crippen molar-refractivity contribution in [1.82, 2.24) is 0 Å². The summed E-state index contributed by atoms with van der Waals surface area (Å²) in [5.74, 6) is 1.03. The third-order valence-electron chi connectivity index (χ3n) is 4.19. The Morgan fingerprint density at radius 1 is 0.950 bits per heavy atom. The quantitative estimate of drug-likeness (QED) is 0.540. The van der Waals surface area contributed by atoms with Gasteiger partial charge in [-0.15, -0.1) is 0 Å². The van der Waals surface area contributed by atoms with Crippen molar-refractivity contribution in [2.45, 2.75) is 79.2 Å². The Balaban J connectivity index is 4.79. The smallest absolute Gasteiger partial charge is 0.303 e. The lowest BCUT2D eigenvalue weighted by Gasteiger charge is -2.34. The molecule has 122 valence electrons. The molecule has 0 heterocycles. The van der Waals surface area contributed by atoms with Gasteiger partial charge in [0.15, 0.2) is 0 Å². The van der Waals surface area contributed by atoms with Crippen molar-refractivity contribution in [1.29, 1.82) is 0 Å². The van der Waals surface area contributed by atoms with E-state index < -0.39 is 13.9 Å². The van der Waals surface area contributed by atoms with Crippen LogP contribution in [0.1, 0.15) is 73.1 Å². The first kappa shape index (κ1) is 20.1. The van der Waals surface area contributed by atoms with E-state index in [9.17, 15) is 4.57 Å². The molecule has 0 saturated carbocycles. The van der Waals surface area contributed by atoms with Crippen LogP contribution in [0.5, 0.6) is 0 Å². The van der Waals surface area contributed by atoms with Gasteiger partial charge in [0, 0.05) is 0 Å². The molecule has 0 aromatic heterocycles. The molecule has 5 heteroatoms. The predicted octanol–water partition coefficient (Wildman–Crippen LogP) is 4.75. The largest absolute Gasteiger partial charge is 0.469 e. The minimum absolute atomic E-state index is 0.195. The van der Waals surface area contributed by atoms with E-state index in [1.165, 1.54) is 0 Å². The van der Waals surface area contributed by atoms with Crippen LogP contribution in [0.25, 0.3) is 0 Å². The number of phosphoric acid groups is 1. The number of phosphoric ester groups is 1. The summed E-state index contributed by atoms with van der Waals surface area (Å²) < 4.78 is 16.1. The van der Waals surface area contributed by atoms with Gasteiger partial charge in [0.2, 0.25) is 0 Å². The van der Waals surface area contributed by atoms with Gasteiger partial charge in [-0.3, -0.25) is 4.52 Å². The summed E-state index contributed by atoms with van der Waals surface area (Å²) in [6.07, 6.45) is 6.37. The van der Waals surface area contributed by atoms with E-state index >= 15 is 0 Å². The molecule has 2 N–H and O–H groups in total. The number of hydrogen-bond acceptors (Lipinski definition) is 2. The molecular weight excluding hydrogens is 275 g/mol. The number of hydrogen-bond donors (Lipinski definition) is 2. The van der Waals surface area contributed by atoms with E-state index in [2.05, 4.69) is 27.7 Å². The third kappa shape index (κ3) is 8.41. The summed E-state index contributed by atoms with van der Waals surface area (Å²) in [7, 11) is -4.41. The van der Waals surface area contributed by atoms with Crippen molar-refractivity contribution in [3.8, 4) is 0 Å². The van der Waals surface area contributed by atoms with Crippen LogP contribution in [0.3, 0.4) is 0 Å². The Labute approximate surface area is 124 Å². The average molecular weight is 308 g/mol. The van der Waals surface area contributed by atoms with Gasteiger partial charge in [0.05, 0.1) is 6.10 Å². The van der Waals surface area contributed by atoms with Crippen molar-refractivity contribution < 1.29 is 18.9 Å². The van der Waals surface area contributed by atoms with E-state index in [0.29, 0.717) is 11.8 Å². The fraction of sp³-hybridized carbons (Fsp3) is 1.00. The maximum Gasteiger partial charge on any atom is 0.469 e. The van der Waals surface area contributed by atoms with Crippen LogP contribution in [0.2, 0.25) is 0 Å². The van der Waals surface area contributed by atoms with Gasteiger partial charge < -0.3 is 9.79 Å². The molecule has 3 unspecified atom stereocenters. The van der Waals surface area contributed by atoms with Crippen molar-refractivity contribution >= 4 is 7.82 Å². The SMILES string of the molecule is CCCCC(C)C(C(C)CCCC)C(C)OP(=O)(O)O. The molecule has 3 atom stereocenters. The molecule has 0 bridgehead atoms. The Kier molecular flexibility index (Phi) is 10.00. The maximum absolute atomic E-state index is 11.1. The highest BCUT2D eigenvalue weighted by Gasteiger charge is 2.32. The zero-order valence-electron chi connectivity index (χ0n) is 13.7. The van der Waals surface area contributed by atoms with E-state index in [4.69, 9.17) is 14.3 Å². The number of rotatable bonds is 11. The molecule has 0 amide bonds. The van der Waals surface area contributed by atoms with Crippen LogP contribution in [0.4, 0.5) is 0 Å². The van der Waals surface area contributed by atoms with Crippen molar-refractivity contribution in [3.63, 3.8) is 0 Å². The molecule has 20 heavy (non-hydrogen) atoms. The summed E-state index contributed by atoms with van der Waals surface area (Å²) in [5.41, 5.74) is 0. The molecule has 4 nitrogen and oxygen atoms in total. The predicted molar refractivity (Wildman–Crippen MR) is 83.5 cm³/mol. The molecule has 0 aliphatic heterocycles. The van der Waals surface area contributed by atoms with Crippen molar-refractivity contribution in [2.24, 2.45) is 17.8 Å². The Hall–Kier alpha value is 0.110. The van der Waals surface area contributed by atoms with Crippen molar-refractivity contribution in [2.75, 3.05) is 0 Å².